The molecule has 27 heavy (non-hydrogen) atoms. The Hall–Kier alpha value is -2.90. The summed E-state index contributed by atoms with van der Waals surface area (Å²) in [4.78, 5) is 9.99. The lowest BCUT2D eigenvalue weighted by molar-refractivity contribution is 0.238. The number of nitrogens with one attached hydrogen (secondary N) is 1. The second-order valence-corrected chi connectivity index (χ2v) is 8.58. The zero-order valence-corrected chi connectivity index (χ0v) is 15.4. The number of imidazole rings is 1. The van der Waals surface area contributed by atoms with E-state index in [1.54, 1.807) is 36.7 Å². The minimum atomic E-state index is -3.63. The lowest BCUT2D eigenvalue weighted by Crippen LogP contribution is -2.25. The SMILES string of the molecule is O=S(=O)(c1ccccc1)n1cc2c3c(cccc31)CN(Cc1ncc[nH]1)C2. The summed E-state index contributed by atoms with van der Waals surface area (Å²) < 4.78 is 27.8. The van der Waals surface area contributed by atoms with Crippen LogP contribution in [0.3, 0.4) is 0 Å². The van der Waals surface area contributed by atoms with E-state index in [0.29, 0.717) is 18.0 Å². The Kier molecular flexibility index (Phi) is 3.66. The van der Waals surface area contributed by atoms with Gasteiger partial charge in [0.1, 0.15) is 5.82 Å². The van der Waals surface area contributed by atoms with Gasteiger partial charge in [0.2, 0.25) is 0 Å². The number of nitrogens with zero attached hydrogens (tertiary/aromatic N) is 3. The number of H-pyrrole nitrogens is 1. The Labute approximate surface area is 157 Å². The second-order valence-electron chi connectivity index (χ2n) is 6.76. The van der Waals surface area contributed by atoms with Crippen LogP contribution in [-0.4, -0.2) is 27.3 Å². The standard InChI is InChI=1S/C20H18N4O2S/c25-27(26,17-6-2-1-3-7-17)24-13-16-12-23(14-19-21-9-10-22-19)11-15-5-4-8-18(24)20(15)16/h1-10,13H,11-12,14H2,(H,21,22). The molecular weight excluding hydrogens is 360 g/mol. The summed E-state index contributed by atoms with van der Waals surface area (Å²) >= 11 is 0. The van der Waals surface area contributed by atoms with Crippen LogP contribution in [-0.2, 0) is 29.7 Å². The molecule has 4 aromatic rings. The number of aromatic nitrogens is 3. The first kappa shape index (κ1) is 16.3. The first-order chi connectivity index (χ1) is 13.1. The fourth-order valence-corrected chi connectivity index (χ4v) is 5.22. The van der Waals surface area contributed by atoms with Crippen LogP contribution in [0.4, 0.5) is 0 Å². The van der Waals surface area contributed by atoms with E-state index in [0.717, 1.165) is 34.4 Å². The molecule has 5 rings (SSSR count). The molecule has 0 radical (unpaired) electrons. The van der Waals surface area contributed by atoms with E-state index < -0.39 is 10.0 Å². The van der Waals surface area contributed by atoms with Gasteiger partial charge in [0.15, 0.2) is 0 Å². The first-order valence-electron chi connectivity index (χ1n) is 8.76. The molecule has 0 saturated carbocycles. The minimum Gasteiger partial charge on any atom is -0.348 e. The fourth-order valence-electron chi connectivity index (χ4n) is 3.82. The van der Waals surface area contributed by atoms with Crippen molar-refractivity contribution >= 4 is 20.9 Å². The molecule has 0 bridgehead atoms. The average Bonchev–Trinajstić information content (AvgIpc) is 3.32. The number of hydrogen-bond donors (Lipinski definition) is 1. The summed E-state index contributed by atoms with van der Waals surface area (Å²) in [6.07, 6.45) is 5.33. The van der Waals surface area contributed by atoms with Gasteiger partial charge in [0.25, 0.3) is 10.0 Å². The van der Waals surface area contributed by atoms with Gasteiger partial charge in [-0.1, -0.05) is 30.3 Å². The molecule has 0 fully saturated rings. The van der Waals surface area contributed by atoms with Gasteiger partial charge >= 0.3 is 0 Å². The smallest absolute Gasteiger partial charge is 0.268 e. The third-order valence-corrected chi connectivity index (χ3v) is 6.66. The van der Waals surface area contributed by atoms with Crippen LogP contribution >= 0.6 is 0 Å². The highest BCUT2D eigenvalue weighted by Gasteiger charge is 2.26. The predicted octanol–water partition coefficient (Wildman–Crippen LogP) is 3.12. The third-order valence-electron chi connectivity index (χ3n) is 4.98. The summed E-state index contributed by atoms with van der Waals surface area (Å²) in [6, 6.07) is 14.4. The Bertz CT molecular complexity index is 1210. The number of aromatic amines is 1. The van der Waals surface area contributed by atoms with Crippen molar-refractivity contribution in [1.29, 1.82) is 0 Å². The maximum Gasteiger partial charge on any atom is 0.268 e. The minimum absolute atomic E-state index is 0.297. The van der Waals surface area contributed by atoms with Gasteiger partial charge in [-0.2, -0.15) is 0 Å². The van der Waals surface area contributed by atoms with Crippen molar-refractivity contribution in [2.75, 3.05) is 0 Å². The van der Waals surface area contributed by atoms with Crippen LogP contribution in [0.25, 0.3) is 10.9 Å². The van der Waals surface area contributed by atoms with E-state index in [4.69, 9.17) is 0 Å². The molecule has 0 spiro atoms. The number of rotatable bonds is 4. The van der Waals surface area contributed by atoms with Crippen molar-refractivity contribution in [2.45, 2.75) is 24.5 Å². The summed E-state index contributed by atoms with van der Waals surface area (Å²) in [5.74, 6) is 0.905. The lowest BCUT2D eigenvalue weighted by atomic mass is 10.0. The third kappa shape index (κ3) is 2.67. The summed E-state index contributed by atoms with van der Waals surface area (Å²) in [6.45, 7) is 2.14. The molecule has 7 heteroatoms. The highest BCUT2D eigenvalue weighted by Crippen LogP contribution is 2.34. The van der Waals surface area contributed by atoms with E-state index in [1.807, 2.05) is 24.4 Å². The largest absolute Gasteiger partial charge is 0.348 e. The van der Waals surface area contributed by atoms with Gasteiger partial charge in [-0.25, -0.2) is 17.4 Å². The molecular formula is C20H18N4O2S. The van der Waals surface area contributed by atoms with Gasteiger partial charge in [0.05, 0.1) is 17.0 Å². The zero-order valence-electron chi connectivity index (χ0n) is 14.5. The van der Waals surface area contributed by atoms with E-state index in [9.17, 15) is 8.42 Å². The van der Waals surface area contributed by atoms with E-state index >= 15 is 0 Å². The predicted molar refractivity (Wildman–Crippen MR) is 103 cm³/mol. The van der Waals surface area contributed by atoms with Gasteiger partial charge in [-0.05, 0) is 29.3 Å². The maximum atomic E-state index is 13.2. The molecule has 136 valence electrons. The van der Waals surface area contributed by atoms with E-state index in [-0.39, 0.29) is 0 Å². The maximum absolute atomic E-state index is 13.2. The van der Waals surface area contributed by atoms with Crippen LogP contribution in [0, 0.1) is 0 Å². The highest BCUT2D eigenvalue weighted by molar-refractivity contribution is 7.90. The lowest BCUT2D eigenvalue weighted by Gasteiger charge is -2.26. The van der Waals surface area contributed by atoms with Crippen molar-refractivity contribution in [2.24, 2.45) is 0 Å². The molecule has 2 aromatic heterocycles. The fraction of sp³-hybridized carbons (Fsp3) is 0.150. The van der Waals surface area contributed by atoms with Crippen LogP contribution < -0.4 is 0 Å². The molecule has 1 aliphatic rings. The molecule has 1 N–H and O–H groups in total. The van der Waals surface area contributed by atoms with Crippen molar-refractivity contribution < 1.29 is 8.42 Å². The van der Waals surface area contributed by atoms with Crippen molar-refractivity contribution in [1.82, 2.24) is 18.8 Å². The summed E-state index contributed by atoms with van der Waals surface area (Å²) in [5, 5.41) is 1.05. The Morgan fingerprint density at radius 2 is 1.81 bits per heavy atom. The van der Waals surface area contributed by atoms with Gasteiger partial charge in [0, 0.05) is 37.1 Å². The molecule has 0 saturated heterocycles. The molecule has 1 aliphatic heterocycles. The Morgan fingerprint density at radius 3 is 2.59 bits per heavy atom. The molecule has 2 aromatic carbocycles. The molecule has 0 atom stereocenters. The van der Waals surface area contributed by atoms with Crippen molar-refractivity contribution in [3.8, 4) is 0 Å². The molecule has 6 nitrogen and oxygen atoms in total. The van der Waals surface area contributed by atoms with Gasteiger partial charge in [-0.3, -0.25) is 4.90 Å². The molecule has 0 unspecified atom stereocenters. The monoisotopic (exact) mass is 378 g/mol. The average molecular weight is 378 g/mol. The van der Waals surface area contributed by atoms with Crippen LogP contribution in [0.2, 0.25) is 0 Å². The Morgan fingerprint density at radius 1 is 1.00 bits per heavy atom. The quantitative estimate of drug-likeness (QED) is 0.592. The van der Waals surface area contributed by atoms with Crippen LogP contribution in [0.5, 0.6) is 0 Å². The topological polar surface area (TPSA) is 71.0 Å². The van der Waals surface area contributed by atoms with Crippen molar-refractivity contribution in [3.05, 3.63) is 84.1 Å². The van der Waals surface area contributed by atoms with Crippen LogP contribution in [0.15, 0.2) is 72.0 Å². The normalized spacial score (nSPS) is 14.7. The second kappa shape index (κ2) is 6.07. The summed E-state index contributed by atoms with van der Waals surface area (Å²) in [5.41, 5.74) is 2.91. The molecule has 3 heterocycles. The van der Waals surface area contributed by atoms with Crippen LogP contribution in [0.1, 0.15) is 17.0 Å². The van der Waals surface area contributed by atoms with Crippen molar-refractivity contribution in [3.63, 3.8) is 0 Å². The van der Waals surface area contributed by atoms with Gasteiger partial charge < -0.3 is 4.98 Å². The zero-order chi connectivity index (χ0) is 18.4. The first-order valence-corrected chi connectivity index (χ1v) is 10.2. The highest BCUT2D eigenvalue weighted by atomic mass is 32.2. The summed E-state index contributed by atoms with van der Waals surface area (Å²) in [7, 11) is -3.63. The number of hydrogen-bond acceptors (Lipinski definition) is 4. The van der Waals surface area contributed by atoms with E-state index in [1.165, 1.54) is 3.97 Å². The molecule has 0 amide bonds. The Balaban J connectivity index is 1.60. The number of benzene rings is 2. The molecule has 0 aliphatic carbocycles. The van der Waals surface area contributed by atoms with Gasteiger partial charge in [-0.15, -0.1) is 0 Å². The van der Waals surface area contributed by atoms with E-state index in [2.05, 4.69) is 20.9 Å².